The van der Waals surface area contributed by atoms with Gasteiger partial charge in [-0.1, -0.05) is 17.7 Å². The lowest BCUT2D eigenvalue weighted by Crippen LogP contribution is -2.28. The summed E-state index contributed by atoms with van der Waals surface area (Å²) in [6.07, 6.45) is -0.0394. The van der Waals surface area contributed by atoms with Crippen LogP contribution in [0.4, 0.5) is 20.2 Å². The third-order valence-corrected chi connectivity index (χ3v) is 4.54. The lowest BCUT2D eigenvalue weighted by molar-refractivity contribution is -0.122. The van der Waals surface area contributed by atoms with Gasteiger partial charge in [0.2, 0.25) is 11.8 Å². The quantitative estimate of drug-likeness (QED) is 0.897. The van der Waals surface area contributed by atoms with Gasteiger partial charge in [-0.3, -0.25) is 9.59 Å². The molecule has 2 aromatic rings. The van der Waals surface area contributed by atoms with Crippen LogP contribution in [0.3, 0.4) is 0 Å². The maximum atomic E-state index is 13.9. The maximum Gasteiger partial charge on any atom is 0.229 e. The Kier molecular flexibility index (Phi) is 4.72. The molecule has 2 aromatic carbocycles. The van der Waals surface area contributed by atoms with Crippen molar-refractivity contribution in [3.63, 3.8) is 0 Å². The predicted octanol–water partition coefficient (Wildman–Crippen LogP) is 3.92. The van der Waals surface area contributed by atoms with Gasteiger partial charge in [0.15, 0.2) is 0 Å². The Morgan fingerprint density at radius 1 is 1.24 bits per heavy atom. The highest BCUT2D eigenvalue weighted by Crippen LogP contribution is 2.29. The topological polar surface area (TPSA) is 49.4 Å². The van der Waals surface area contributed by atoms with Crippen molar-refractivity contribution in [2.75, 3.05) is 16.8 Å². The molecule has 1 unspecified atom stereocenters. The first-order chi connectivity index (χ1) is 11.8. The van der Waals surface area contributed by atoms with E-state index in [9.17, 15) is 18.4 Å². The first-order valence-electron chi connectivity index (χ1n) is 7.67. The fourth-order valence-electron chi connectivity index (χ4n) is 2.73. The van der Waals surface area contributed by atoms with E-state index < -0.39 is 17.6 Å². The van der Waals surface area contributed by atoms with Gasteiger partial charge in [-0.2, -0.15) is 0 Å². The van der Waals surface area contributed by atoms with Crippen molar-refractivity contribution in [2.45, 2.75) is 13.3 Å². The summed E-state index contributed by atoms with van der Waals surface area (Å²) in [6, 6.07) is 8.11. The molecule has 2 amide bonds. The van der Waals surface area contributed by atoms with Gasteiger partial charge in [0.1, 0.15) is 11.6 Å². The molecule has 130 valence electrons. The number of carbonyl (C=O) groups is 2. The molecule has 0 aliphatic carbocycles. The first-order valence-corrected chi connectivity index (χ1v) is 8.05. The Labute approximate surface area is 148 Å². The molecule has 1 fully saturated rings. The Hall–Kier alpha value is -2.47. The molecule has 1 atom stereocenters. The number of aryl methyl sites for hydroxylation is 1. The number of carbonyl (C=O) groups excluding carboxylic acids is 2. The average molecular weight is 365 g/mol. The largest absolute Gasteiger partial charge is 0.326 e. The van der Waals surface area contributed by atoms with E-state index in [1.54, 1.807) is 18.2 Å². The minimum Gasteiger partial charge on any atom is -0.326 e. The Morgan fingerprint density at radius 2 is 2.00 bits per heavy atom. The van der Waals surface area contributed by atoms with Gasteiger partial charge in [-0.15, -0.1) is 0 Å². The van der Waals surface area contributed by atoms with Crippen LogP contribution in [0.1, 0.15) is 12.0 Å². The van der Waals surface area contributed by atoms with E-state index in [2.05, 4.69) is 5.32 Å². The summed E-state index contributed by atoms with van der Waals surface area (Å²) in [7, 11) is 0. The number of amides is 2. The van der Waals surface area contributed by atoms with Crippen LogP contribution in [0.5, 0.6) is 0 Å². The van der Waals surface area contributed by atoms with E-state index in [1.165, 1.54) is 11.0 Å². The predicted molar refractivity (Wildman–Crippen MR) is 91.6 cm³/mol. The molecule has 0 radical (unpaired) electrons. The number of nitrogens with zero attached hydrogens (tertiary/aromatic N) is 1. The van der Waals surface area contributed by atoms with Crippen molar-refractivity contribution < 1.29 is 18.4 Å². The van der Waals surface area contributed by atoms with Gasteiger partial charge >= 0.3 is 0 Å². The Bertz CT molecular complexity index is 857. The SMILES string of the molecule is Cc1ccc(NC(=O)C2CC(=O)N(c3ccc(F)cc3F)C2)cc1Cl. The van der Waals surface area contributed by atoms with Crippen LogP contribution in [0.2, 0.25) is 5.02 Å². The molecule has 0 spiro atoms. The monoisotopic (exact) mass is 364 g/mol. The van der Waals surface area contributed by atoms with Gasteiger partial charge in [-0.25, -0.2) is 8.78 Å². The molecule has 4 nitrogen and oxygen atoms in total. The maximum absolute atomic E-state index is 13.9. The molecule has 3 rings (SSSR count). The molecular weight excluding hydrogens is 350 g/mol. The molecule has 1 N–H and O–H groups in total. The minimum absolute atomic E-state index is 0.0277. The van der Waals surface area contributed by atoms with Crippen LogP contribution >= 0.6 is 11.6 Å². The second kappa shape index (κ2) is 6.80. The molecule has 0 aromatic heterocycles. The van der Waals surface area contributed by atoms with Crippen molar-refractivity contribution in [2.24, 2.45) is 5.92 Å². The highest BCUT2D eigenvalue weighted by atomic mass is 35.5. The zero-order chi connectivity index (χ0) is 18.1. The standard InChI is InChI=1S/C18H15ClF2N2O2/c1-10-2-4-13(8-14(10)19)22-18(25)11-6-17(24)23(9-11)16-5-3-12(20)7-15(16)21/h2-5,7-8,11H,6,9H2,1H3,(H,22,25). The second-order valence-corrected chi connectivity index (χ2v) is 6.36. The van der Waals surface area contributed by atoms with Gasteiger partial charge in [0, 0.05) is 29.7 Å². The molecule has 0 bridgehead atoms. The summed E-state index contributed by atoms with van der Waals surface area (Å²) in [6.45, 7) is 1.88. The second-order valence-electron chi connectivity index (χ2n) is 5.95. The molecule has 1 heterocycles. The van der Waals surface area contributed by atoms with E-state index in [-0.39, 0.29) is 30.5 Å². The molecule has 25 heavy (non-hydrogen) atoms. The number of nitrogens with one attached hydrogen (secondary N) is 1. The molecule has 0 saturated carbocycles. The molecule has 1 saturated heterocycles. The van der Waals surface area contributed by atoms with Crippen molar-refractivity contribution in [1.29, 1.82) is 0 Å². The van der Waals surface area contributed by atoms with Gasteiger partial charge < -0.3 is 10.2 Å². The Balaban J connectivity index is 1.73. The number of halogens is 3. The van der Waals surface area contributed by atoms with Crippen LogP contribution in [0.15, 0.2) is 36.4 Å². The van der Waals surface area contributed by atoms with Gasteiger partial charge in [-0.05, 0) is 36.8 Å². The summed E-state index contributed by atoms with van der Waals surface area (Å²) in [4.78, 5) is 25.7. The summed E-state index contributed by atoms with van der Waals surface area (Å²) < 4.78 is 26.9. The van der Waals surface area contributed by atoms with Gasteiger partial charge in [0.05, 0.1) is 11.6 Å². The fourth-order valence-corrected chi connectivity index (χ4v) is 2.91. The minimum atomic E-state index is -0.834. The van der Waals surface area contributed by atoms with Crippen LogP contribution in [0, 0.1) is 24.5 Å². The smallest absolute Gasteiger partial charge is 0.229 e. The third kappa shape index (κ3) is 3.64. The number of hydrogen-bond acceptors (Lipinski definition) is 2. The highest BCUT2D eigenvalue weighted by Gasteiger charge is 2.36. The number of rotatable bonds is 3. The van der Waals surface area contributed by atoms with E-state index in [4.69, 9.17) is 11.6 Å². The van der Waals surface area contributed by atoms with E-state index in [0.29, 0.717) is 16.8 Å². The number of anilines is 2. The summed E-state index contributed by atoms with van der Waals surface area (Å²) in [5.41, 5.74) is 1.38. The van der Waals surface area contributed by atoms with E-state index in [0.717, 1.165) is 11.6 Å². The van der Waals surface area contributed by atoms with Crippen LogP contribution in [-0.2, 0) is 9.59 Å². The van der Waals surface area contributed by atoms with E-state index >= 15 is 0 Å². The van der Waals surface area contributed by atoms with Crippen molar-refractivity contribution in [3.8, 4) is 0 Å². The third-order valence-electron chi connectivity index (χ3n) is 4.14. The fraction of sp³-hybridized carbons (Fsp3) is 0.222. The van der Waals surface area contributed by atoms with Crippen molar-refractivity contribution in [1.82, 2.24) is 0 Å². The average Bonchev–Trinajstić information content (AvgIpc) is 2.93. The molecule has 7 heteroatoms. The number of benzene rings is 2. The first kappa shape index (κ1) is 17.4. The summed E-state index contributed by atoms with van der Waals surface area (Å²) in [5, 5.41) is 3.24. The molecular formula is C18H15ClF2N2O2. The zero-order valence-corrected chi connectivity index (χ0v) is 14.1. The summed E-state index contributed by atoms with van der Waals surface area (Å²) in [5.74, 6) is -2.92. The highest BCUT2D eigenvalue weighted by molar-refractivity contribution is 6.31. The van der Waals surface area contributed by atoms with Crippen LogP contribution in [0.25, 0.3) is 0 Å². The Morgan fingerprint density at radius 3 is 2.68 bits per heavy atom. The van der Waals surface area contributed by atoms with Crippen molar-refractivity contribution >= 4 is 34.8 Å². The van der Waals surface area contributed by atoms with Gasteiger partial charge in [0.25, 0.3) is 0 Å². The molecule has 1 aliphatic heterocycles. The molecule has 1 aliphatic rings. The van der Waals surface area contributed by atoms with Crippen LogP contribution in [-0.4, -0.2) is 18.4 Å². The lowest BCUT2D eigenvalue weighted by atomic mass is 10.1. The zero-order valence-electron chi connectivity index (χ0n) is 13.4. The van der Waals surface area contributed by atoms with Crippen LogP contribution < -0.4 is 10.2 Å². The lowest BCUT2D eigenvalue weighted by Gasteiger charge is -2.17. The number of hydrogen-bond donors (Lipinski definition) is 1. The normalized spacial score (nSPS) is 17.0. The van der Waals surface area contributed by atoms with E-state index in [1.807, 2.05) is 6.92 Å². The summed E-state index contributed by atoms with van der Waals surface area (Å²) >= 11 is 6.03. The van der Waals surface area contributed by atoms with Crippen molar-refractivity contribution in [3.05, 3.63) is 58.6 Å².